The minimum atomic E-state index is -1.11. The molecule has 0 bridgehead atoms. The van der Waals surface area contributed by atoms with Crippen molar-refractivity contribution in [3.63, 3.8) is 0 Å². The number of nitrogens with one attached hydrogen (secondary N) is 1. The Kier molecular flexibility index (Phi) is 3.61. The molecule has 0 aliphatic carbocycles. The van der Waals surface area contributed by atoms with E-state index in [4.69, 9.17) is 4.74 Å². The second-order valence-corrected chi connectivity index (χ2v) is 6.66. The van der Waals surface area contributed by atoms with E-state index < -0.39 is 11.6 Å². The summed E-state index contributed by atoms with van der Waals surface area (Å²) >= 11 is 0. The van der Waals surface area contributed by atoms with Gasteiger partial charge in [0.15, 0.2) is 11.4 Å². The molecule has 1 N–H and O–H groups in total. The Morgan fingerprint density at radius 2 is 1.86 bits per heavy atom. The van der Waals surface area contributed by atoms with Crippen molar-refractivity contribution in [2.24, 2.45) is 0 Å². The van der Waals surface area contributed by atoms with E-state index in [9.17, 15) is 9.59 Å². The van der Waals surface area contributed by atoms with Crippen LogP contribution in [0, 0.1) is 0 Å². The molecule has 2 aliphatic rings. The van der Waals surface area contributed by atoms with Crippen LogP contribution >= 0.6 is 0 Å². The van der Waals surface area contributed by atoms with Crippen LogP contribution in [0.25, 0.3) is 5.69 Å². The highest BCUT2D eigenvalue weighted by atomic mass is 16.5. The maximum atomic E-state index is 13.3. The van der Waals surface area contributed by atoms with E-state index in [1.54, 1.807) is 6.07 Å². The fourth-order valence-electron chi connectivity index (χ4n) is 3.73. The van der Waals surface area contributed by atoms with Crippen LogP contribution < -0.4 is 10.1 Å². The minimum Gasteiger partial charge on any atom is -0.493 e. The van der Waals surface area contributed by atoms with Crippen molar-refractivity contribution in [3.8, 4) is 11.4 Å². The molecule has 2 aromatic carbocycles. The number of hydrogen-bond acceptors (Lipinski definition) is 6. The number of imide groups is 1. The summed E-state index contributed by atoms with van der Waals surface area (Å²) in [4.78, 5) is 27.2. The molecule has 1 unspecified atom stereocenters. The Balaban J connectivity index is 1.49. The van der Waals surface area contributed by atoms with Gasteiger partial charge in [0.05, 0.1) is 18.8 Å². The lowest BCUT2D eigenvalue weighted by molar-refractivity contribution is -0.133. The van der Waals surface area contributed by atoms with Gasteiger partial charge in [0, 0.05) is 12.0 Å². The van der Waals surface area contributed by atoms with Gasteiger partial charge in [-0.25, -0.2) is 4.79 Å². The van der Waals surface area contributed by atoms with Gasteiger partial charge >= 0.3 is 6.03 Å². The monoisotopic (exact) mass is 376 g/mol. The number of tetrazole rings is 1. The lowest BCUT2D eigenvalue weighted by Crippen LogP contribution is -2.47. The van der Waals surface area contributed by atoms with Crippen LogP contribution in [0.1, 0.15) is 17.8 Å². The summed E-state index contributed by atoms with van der Waals surface area (Å²) < 4.78 is 7.17. The van der Waals surface area contributed by atoms with E-state index in [1.165, 1.54) is 4.68 Å². The van der Waals surface area contributed by atoms with Crippen LogP contribution in [0.5, 0.6) is 5.75 Å². The summed E-state index contributed by atoms with van der Waals surface area (Å²) in [6, 6.07) is 16.1. The highest BCUT2D eigenvalue weighted by Gasteiger charge is 2.55. The van der Waals surface area contributed by atoms with Crippen LogP contribution in [0.2, 0.25) is 0 Å². The number of hydrogen-bond donors (Lipinski definition) is 1. The van der Waals surface area contributed by atoms with E-state index in [2.05, 4.69) is 20.8 Å². The summed E-state index contributed by atoms with van der Waals surface area (Å²) in [6.45, 7) is 0.315. The number of urea groups is 1. The predicted octanol–water partition coefficient (Wildman–Crippen LogP) is 1.39. The summed E-state index contributed by atoms with van der Waals surface area (Å²) in [6.07, 6.45) is 0.370. The largest absolute Gasteiger partial charge is 0.493 e. The summed E-state index contributed by atoms with van der Waals surface area (Å²) in [5.41, 5.74) is 0.308. The van der Waals surface area contributed by atoms with Gasteiger partial charge in [-0.1, -0.05) is 36.4 Å². The number of carbonyl (C=O) groups excluding carboxylic acids is 2. The number of rotatable bonds is 3. The zero-order valence-corrected chi connectivity index (χ0v) is 14.8. The van der Waals surface area contributed by atoms with Crippen molar-refractivity contribution < 1.29 is 14.3 Å². The van der Waals surface area contributed by atoms with E-state index in [0.717, 1.165) is 10.6 Å². The van der Waals surface area contributed by atoms with Crippen molar-refractivity contribution in [3.05, 3.63) is 66.0 Å². The van der Waals surface area contributed by atoms with Crippen LogP contribution in [0.4, 0.5) is 4.79 Å². The molecule has 2 aliphatic heterocycles. The number of fused-ring (bicyclic) bond motifs is 2. The van der Waals surface area contributed by atoms with Gasteiger partial charge in [-0.15, -0.1) is 5.10 Å². The number of amides is 3. The molecule has 5 rings (SSSR count). The smallest absolute Gasteiger partial charge is 0.325 e. The Bertz CT molecular complexity index is 1070. The van der Waals surface area contributed by atoms with E-state index in [-0.39, 0.29) is 12.5 Å². The van der Waals surface area contributed by atoms with Crippen LogP contribution in [-0.4, -0.2) is 43.7 Å². The fourth-order valence-corrected chi connectivity index (χ4v) is 3.73. The van der Waals surface area contributed by atoms with Crippen LogP contribution in [-0.2, 0) is 16.9 Å². The Hall–Kier alpha value is -3.75. The van der Waals surface area contributed by atoms with Gasteiger partial charge in [0.1, 0.15) is 5.75 Å². The maximum absolute atomic E-state index is 13.3. The molecular weight excluding hydrogens is 360 g/mol. The number of nitrogens with zero attached hydrogens (tertiary/aromatic N) is 5. The van der Waals surface area contributed by atoms with Gasteiger partial charge in [-0.05, 0) is 28.6 Å². The number of ether oxygens (including phenoxy) is 1. The average molecular weight is 376 g/mol. The molecule has 9 nitrogen and oxygen atoms in total. The molecule has 1 atom stereocenters. The second-order valence-electron chi connectivity index (χ2n) is 6.66. The van der Waals surface area contributed by atoms with Crippen LogP contribution in [0.15, 0.2) is 54.6 Å². The first kappa shape index (κ1) is 16.4. The van der Waals surface area contributed by atoms with E-state index >= 15 is 0 Å². The molecule has 1 aromatic heterocycles. The van der Waals surface area contributed by atoms with Crippen molar-refractivity contribution >= 4 is 11.9 Å². The summed E-state index contributed by atoms with van der Waals surface area (Å²) in [7, 11) is 0. The zero-order valence-electron chi connectivity index (χ0n) is 14.8. The normalized spacial score (nSPS) is 20.8. The van der Waals surface area contributed by atoms with E-state index in [1.807, 2.05) is 48.5 Å². The van der Waals surface area contributed by atoms with Gasteiger partial charge in [0.25, 0.3) is 5.91 Å². The topological polar surface area (TPSA) is 102 Å². The Labute approximate surface area is 159 Å². The number of benzene rings is 2. The lowest BCUT2D eigenvalue weighted by atomic mass is 9.84. The van der Waals surface area contributed by atoms with E-state index in [0.29, 0.717) is 30.2 Å². The van der Waals surface area contributed by atoms with Gasteiger partial charge < -0.3 is 10.1 Å². The molecule has 1 spiro atoms. The predicted molar refractivity (Wildman–Crippen MR) is 96.5 cm³/mol. The average Bonchev–Trinajstić information content (AvgIpc) is 3.28. The minimum absolute atomic E-state index is 0.0304. The van der Waals surface area contributed by atoms with Crippen molar-refractivity contribution in [2.45, 2.75) is 18.5 Å². The quantitative estimate of drug-likeness (QED) is 0.693. The molecule has 1 saturated heterocycles. The number of aromatic nitrogens is 4. The molecule has 3 heterocycles. The number of para-hydroxylation sites is 2. The fraction of sp³-hybridized carbons (Fsp3) is 0.211. The van der Waals surface area contributed by atoms with Crippen molar-refractivity contribution in [2.75, 3.05) is 6.61 Å². The van der Waals surface area contributed by atoms with Gasteiger partial charge in [-0.3, -0.25) is 9.69 Å². The molecule has 3 aromatic rings. The maximum Gasteiger partial charge on any atom is 0.325 e. The second kappa shape index (κ2) is 6.15. The zero-order chi connectivity index (χ0) is 19.1. The Morgan fingerprint density at radius 3 is 2.71 bits per heavy atom. The molecule has 3 amide bonds. The first-order valence-electron chi connectivity index (χ1n) is 8.88. The molecule has 0 radical (unpaired) electrons. The summed E-state index contributed by atoms with van der Waals surface area (Å²) in [5, 5.41) is 14.6. The first-order chi connectivity index (χ1) is 13.7. The molecule has 9 heteroatoms. The SMILES string of the molecule is O=C1NC2(CCOc3ccccc32)C(=O)N1Cc1nnnn1-c1ccccc1. The van der Waals surface area contributed by atoms with Crippen molar-refractivity contribution in [1.29, 1.82) is 0 Å². The van der Waals surface area contributed by atoms with Gasteiger partial charge in [0.2, 0.25) is 0 Å². The third-order valence-corrected chi connectivity index (χ3v) is 5.09. The van der Waals surface area contributed by atoms with Crippen LogP contribution in [0.3, 0.4) is 0 Å². The molecule has 0 saturated carbocycles. The summed E-state index contributed by atoms with van der Waals surface area (Å²) in [5.74, 6) is 0.682. The third kappa shape index (κ3) is 2.36. The Morgan fingerprint density at radius 1 is 1.07 bits per heavy atom. The lowest BCUT2D eigenvalue weighted by Gasteiger charge is -2.33. The third-order valence-electron chi connectivity index (χ3n) is 5.09. The molecule has 140 valence electrons. The number of carbonyl (C=O) groups is 2. The highest BCUT2D eigenvalue weighted by molar-refractivity contribution is 6.07. The standard InChI is InChI=1S/C19H16N6O3/c26-17-19(10-11-28-15-9-5-4-8-14(15)19)20-18(27)24(17)12-16-21-22-23-25(16)13-6-2-1-3-7-13/h1-9H,10-12H2,(H,20,27). The molecule has 1 fully saturated rings. The highest BCUT2D eigenvalue weighted by Crippen LogP contribution is 2.41. The first-order valence-corrected chi connectivity index (χ1v) is 8.88. The molecule has 28 heavy (non-hydrogen) atoms. The van der Waals surface area contributed by atoms with Gasteiger partial charge in [-0.2, -0.15) is 4.68 Å². The molecular formula is C19H16N6O3. The van der Waals surface area contributed by atoms with Crippen molar-refractivity contribution in [1.82, 2.24) is 30.4 Å².